The molecule has 0 aromatic heterocycles. The molecule has 1 amide bonds. The first kappa shape index (κ1) is 16.9. The summed E-state index contributed by atoms with van der Waals surface area (Å²) < 4.78 is 25.5. The first-order valence-electron chi connectivity index (χ1n) is 6.07. The lowest BCUT2D eigenvalue weighted by molar-refractivity contribution is 0.0852. The zero-order chi connectivity index (χ0) is 14.4. The van der Waals surface area contributed by atoms with Crippen LogP contribution in [0.3, 0.4) is 0 Å². The average molecular weight is 319 g/mol. The van der Waals surface area contributed by atoms with Gasteiger partial charge in [0.2, 0.25) is 0 Å². The van der Waals surface area contributed by atoms with Gasteiger partial charge in [-0.05, 0) is 17.5 Å². The molecule has 1 aromatic rings. The topological polar surface area (TPSA) is 80.5 Å². The lowest BCUT2D eigenvalue weighted by Crippen LogP contribution is -2.47. The minimum absolute atomic E-state index is 0. The van der Waals surface area contributed by atoms with Gasteiger partial charge >= 0.3 is 0 Å². The fraction of sp³-hybridized carbons (Fsp3) is 0.462. The molecule has 0 unspecified atom stereocenters. The molecule has 0 aliphatic carbocycles. The molecule has 0 saturated heterocycles. The third-order valence-electron chi connectivity index (χ3n) is 3.39. The van der Waals surface area contributed by atoms with Crippen LogP contribution in [0.5, 0.6) is 0 Å². The Morgan fingerprint density at radius 2 is 1.80 bits per heavy atom. The summed E-state index contributed by atoms with van der Waals surface area (Å²) in [5.41, 5.74) is 5.94. The van der Waals surface area contributed by atoms with E-state index in [1.165, 1.54) is 12.1 Å². The fourth-order valence-electron chi connectivity index (χ4n) is 1.86. The molecule has 1 heterocycles. The van der Waals surface area contributed by atoms with Gasteiger partial charge in [0, 0.05) is 6.04 Å². The quantitative estimate of drug-likeness (QED) is 0.898. The molecule has 2 N–H and O–H groups in total. The molecule has 0 spiro atoms. The van der Waals surface area contributed by atoms with Crippen molar-refractivity contribution in [3.05, 3.63) is 29.8 Å². The normalized spacial score (nSPS) is 18.4. The lowest BCUT2D eigenvalue weighted by Gasteiger charge is -2.30. The van der Waals surface area contributed by atoms with E-state index >= 15 is 0 Å². The van der Waals surface area contributed by atoms with E-state index in [0.29, 0.717) is 0 Å². The number of nitrogens with zero attached hydrogens (tertiary/aromatic N) is 1. The molecule has 0 radical (unpaired) electrons. The molecule has 1 aliphatic heterocycles. The van der Waals surface area contributed by atoms with Gasteiger partial charge in [0.25, 0.3) is 15.9 Å². The van der Waals surface area contributed by atoms with Crippen LogP contribution in [-0.2, 0) is 10.0 Å². The second kappa shape index (κ2) is 5.35. The Morgan fingerprint density at radius 3 is 2.30 bits per heavy atom. The van der Waals surface area contributed by atoms with E-state index in [4.69, 9.17) is 5.73 Å². The van der Waals surface area contributed by atoms with Gasteiger partial charge in [-0.25, -0.2) is 12.7 Å². The fourth-order valence-corrected chi connectivity index (χ4v) is 3.46. The first-order valence-corrected chi connectivity index (χ1v) is 7.51. The summed E-state index contributed by atoms with van der Waals surface area (Å²) in [6.07, 6.45) is 0. The number of amides is 1. The number of halogens is 1. The first-order chi connectivity index (χ1) is 8.65. The maximum Gasteiger partial charge on any atom is 0.269 e. The Labute approximate surface area is 125 Å². The maximum absolute atomic E-state index is 12.3. The molecule has 112 valence electrons. The van der Waals surface area contributed by atoms with Gasteiger partial charge in [0.15, 0.2) is 0 Å². The number of nitrogens with two attached hydrogens (primary N) is 1. The van der Waals surface area contributed by atoms with Gasteiger partial charge in [-0.3, -0.25) is 4.79 Å². The van der Waals surface area contributed by atoms with E-state index in [-0.39, 0.29) is 34.8 Å². The highest BCUT2D eigenvalue weighted by Gasteiger charge is 2.42. The predicted molar refractivity (Wildman–Crippen MR) is 79.3 cm³/mol. The maximum atomic E-state index is 12.3. The number of hydrogen-bond donors (Lipinski definition) is 1. The monoisotopic (exact) mass is 318 g/mol. The number of hydrogen-bond acceptors (Lipinski definition) is 4. The van der Waals surface area contributed by atoms with Crippen LogP contribution in [0.2, 0.25) is 0 Å². The number of benzene rings is 1. The van der Waals surface area contributed by atoms with E-state index in [0.717, 1.165) is 4.31 Å². The van der Waals surface area contributed by atoms with Crippen LogP contribution >= 0.6 is 12.4 Å². The second-order valence-electron chi connectivity index (χ2n) is 5.81. The van der Waals surface area contributed by atoms with Crippen molar-refractivity contribution in [1.82, 2.24) is 4.31 Å². The summed E-state index contributed by atoms with van der Waals surface area (Å²) in [5.74, 6) is -0.490. The summed E-state index contributed by atoms with van der Waals surface area (Å²) in [6.45, 7) is 5.74. The minimum Gasteiger partial charge on any atom is -0.326 e. The molecule has 7 heteroatoms. The Hall–Kier alpha value is -1.11. The van der Waals surface area contributed by atoms with Crippen LogP contribution in [-0.4, -0.2) is 31.2 Å². The number of fused-ring (bicyclic) bond motifs is 1. The molecule has 0 bridgehead atoms. The zero-order valence-corrected chi connectivity index (χ0v) is 13.3. The molecule has 0 saturated carbocycles. The van der Waals surface area contributed by atoms with Crippen LogP contribution < -0.4 is 5.73 Å². The van der Waals surface area contributed by atoms with Crippen LogP contribution in [0, 0.1) is 5.41 Å². The van der Waals surface area contributed by atoms with Crippen molar-refractivity contribution in [3.8, 4) is 0 Å². The number of carbonyl (C=O) groups is 1. The number of carbonyl (C=O) groups excluding carboxylic acids is 1. The standard InChI is InChI=1S/C13H18N2O3S.ClH/c1-13(2,3)11(14)8-15-12(16)9-6-4-5-7-10(9)19(15,17)18;/h4-7,11H,8,14H2,1-3H3;1H/t11-;/m1./s1. The van der Waals surface area contributed by atoms with Crippen molar-refractivity contribution >= 4 is 28.3 Å². The molecule has 1 aliphatic rings. The minimum atomic E-state index is -3.75. The van der Waals surface area contributed by atoms with Gasteiger partial charge in [-0.2, -0.15) is 0 Å². The van der Waals surface area contributed by atoms with E-state index < -0.39 is 22.0 Å². The molecule has 20 heavy (non-hydrogen) atoms. The Balaban J connectivity index is 0.00000200. The highest BCUT2D eigenvalue weighted by molar-refractivity contribution is 7.90. The summed E-state index contributed by atoms with van der Waals surface area (Å²) in [4.78, 5) is 12.2. The molecule has 1 atom stereocenters. The van der Waals surface area contributed by atoms with Crippen molar-refractivity contribution in [3.63, 3.8) is 0 Å². The second-order valence-corrected chi connectivity index (χ2v) is 7.64. The zero-order valence-electron chi connectivity index (χ0n) is 11.7. The number of sulfonamides is 1. The molecule has 0 fully saturated rings. The van der Waals surface area contributed by atoms with Gasteiger partial charge in [0.05, 0.1) is 12.1 Å². The Kier molecular flexibility index (Phi) is 4.53. The number of rotatable bonds is 2. The van der Waals surface area contributed by atoms with Crippen LogP contribution in [0.1, 0.15) is 31.1 Å². The summed E-state index contributed by atoms with van der Waals surface area (Å²) in [5, 5.41) is 0. The van der Waals surface area contributed by atoms with E-state index in [2.05, 4.69) is 0 Å². The predicted octanol–water partition coefficient (Wildman–Crippen LogP) is 1.63. The average Bonchev–Trinajstić information content (AvgIpc) is 2.50. The van der Waals surface area contributed by atoms with E-state index in [9.17, 15) is 13.2 Å². The van der Waals surface area contributed by atoms with Crippen molar-refractivity contribution in [1.29, 1.82) is 0 Å². The van der Waals surface area contributed by atoms with E-state index in [1.807, 2.05) is 20.8 Å². The molecule has 2 rings (SSSR count). The van der Waals surface area contributed by atoms with Crippen molar-refractivity contribution < 1.29 is 13.2 Å². The summed E-state index contributed by atoms with van der Waals surface area (Å²) in [6, 6.07) is 5.82. The van der Waals surface area contributed by atoms with E-state index in [1.54, 1.807) is 12.1 Å². The van der Waals surface area contributed by atoms with Crippen molar-refractivity contribution in [2.75, 3.05) is 6.54 Å². The third kappa shape index (κ3) is 2.68. The highest BCUT2D eigenvalue weighted by Crippen LogP contribution is 2.31. The smallest absolute Gasteiger partial charge is 0.269 e. The van der Waals surface area contributed by atoms with Crippen molar-refractivity contribution in [2.24, 2.45) is 11.1 Å². The Bertz CT molecular complexity index is 623. The largest absolute Gasteiger partial charge is 0.326 e. The molecular weight excluding hydrogens is 300 g/mol. The van der Waals surface area contributed by atoms with Crippen LogP contribution in [0.25, 0.3) is 0 Å². The van der Waals surface area contributed by atoms with Gasteiger partial charge in [0.1, 0.15) is 4.90 Å². The van der Waals surface area contributed by atoms with Gasteiger partial charge in [-0.1, -0.05) is 32.9 Å². The van der Waals surface area contributed by atoms with Crippen LogP contribution in [0.4, 0.5) is 0 Å². The third-order valence-corrected chi connectivity index (χ3v) is 5.19. The molecular formula is C13H19ClN2O3S. The SMILES string of the molecule is CC(C)(C)[C@H](N)CN1C(=O)c2ccccc2S1(=O)=O.Cl. The van der Waals surface area contributed by atoms with Gasteiger partial charge in [-0.15, -0.1) is 12.4 Å². The van der Waals surface area contributed by atoms with Gasteiger partial charge < -0.3 is 5.73 Å². The Morgan fingerprint density at radius 1 is 1.25 bits per heavy atom. The molecule has 1 aromatic carbocycles. The lowest BCUT2D eigenvalue weighted by atomic mass is 9.87. The summed E-state index contributed by atoms with van der Waals surface area (Å²) in [7, 11) is -3.75. The summed E-state index contributed by atoms with van der Waals surface area (Å²) >= 11 is 0. The molecule has 5 nitrogen and oxygen atoms in total. The van der Waals surface area contributed by atoms with Crippen molar-refractivity contribution in [2.45, 2.75) is 31.7 Å². The van der Waals surface area contributed by atoms with Crippen LogP contribution in [0.15, 0.2) is 29.2 Å². The highest BCUT2D eigenvalue weighted by atomic mass is 35.5.